The largest absolute Gasteiger partial charge is 0.383 e. The van der Waals surface area contributed by atoms with E-state index in [1.54, 1.807) is 17.5 Å². The van der Waals surface area contributed by atoms with Crippen LogP contribution < -0.4 is 5.73 Å². The summed E-state index contributed by atoms with van der Waals surface area (Å²) in [4.78, 5) is 10.3. The van der Waals surface area contributed by atoms with Crippen molar-refractivity contribution in [1.29, 1.82) is 0 Å². The summed E-state index contributed by atoms with van der Waals surface area (Å²) < 4.78 is 0. The smallest absolute Gasteiger partial charge is 0.133 e. The van der Waals surface area contributed by atoms with E-state index in [-0.39, 0.29) is 5.41 Å². The Labute approximate surface area is 105 Å². The number of rotatable bonds is 1. The number of nitrogen functional groups attached to an aromatic ring is 1. The monoisotopic (exact) mass is 245 g/mol. The zero-order chi connectivity index (χ0) is 12.0. The zero-order valence-corrected chi connectivity index (χ0v) is 10.8. The molecule has 0 spiro atoms. The average Bonchev–Trinajstić information content (AvgIpc) is 2.81. The predicted molar refractivity (Wildman–Crippen MR) is 71.1 cm³/mol. The van der Waals surface area contributed by atoms with E-state index in [1.165, 1.54) is 17.0 Å². The Morgan fingerprint density at radius 3 is 2.94 bits per heavy atom. The molecule has 0 radical (unpaired) electrons. The second kappa shape index (κ2) is 3.53. The number of nitrogens with zero attached hydrogens (tertiary/aromatic N) is 2. The molecule has 2 aromatic rings. The van der Waals surface area contributed by atoms with E-state index < -0.39 is 0 Å². The summed E-state index contributed by atoms with van der Waals surface area (Å²) in [5, 5.41) is 1.01. The highest BCUT2D eigenvalue weighted by molar-refractivity contribution is 7.15. The van der Waals surface area contributed by atoms with Crippen molar-refractivity contribution >= 4 is 17.2 Å². The number of hydrogen-bond acceptors (Lipinski definition) is 4. The van der Waals surface area contributed by atoms with Crippen LogP contribution >= 0.6 is 11.3 Å². The van der Waals surface area contributed by atoms with Crippen LogP contribution in [0, 0.1) is 0 Å². The highest BCUT2D eigenvalue weighted by Gasteiger charge is 2.34. The van der Waals surface area contributed by atoms with Gasteiger partial charge in [0.15, 0.2) is 0 Å². The van der Waals surface area contributed by atoms with Gasteiger partial charge in [0.25, 0.3) is 0 Å². The van der Waals surface area contributed by atoms with Crippen LogP contribution in [-0.4, -0.2) is 9.97 Å². The Bertz CT molecular complexity index is 572. The van der Waals surface area contributed by atoms with Crippen LogP contribution in [-0.2, 0) is 11.8 Å². The molecule has 0 atom stereocenters. The van der Waals surface area contributed by atoms with Gasteiger partial charge in [-0.15, -0.1) is 11.3 Å². The molecular weight excluding hydrogens is 230 g/mol. The minimum Gasteiger partial charge on any atom is -0.383 e. The summed E-state index contributed by atoms with van der Waals surface area (Å²) in [5.74, 6) is 0.567. The quantitative estimate of drug-likeness (QED) is 0.840. The Morgan fingerprint density at radius 2 is 2.24 bits per heavy atom. The summed E-state index contributed by atoms with van der Waals surface area (Å²) in [7, 11) is 0. The molecule has 2 heterocycles. The molecule has 17 heavy (non-hydrogen) atoms. The topological polar surface area (TPSA) is 51.8 Å². The van der Waals surface area contributed by atoms with Crippen molar-refractivity contribution in [3.8, 4) is 10.6 Å². The summed E-state index contributed by atoms with van der Waals surface area (Å²) >= 11 is 1.76. The van der Waals surface area contributed by atoms with E-state index >= 15 is 0 Å². The van der Waals surface area contributed by atoms with Crippen molar-refractivity contribution in [1.82, 2.24) is 9.97 Å². The molecule has 0 unspecified atom stereocenters. The van der Waals surface area contributed by atoms with Crippen LogP contribution in [0.15, 0.2) is 18.3 Å². The minimum absolute atomic E-state index is 0.209. The van der Waals surface area contributed by atoms with E-state index in [0.717, 1.165) is 17.0 Å². The third-order valence-electron chi connectivity index (χ3n) is 3.38. The van der Waals surface area contributed by atoms with Gasteiger partial charge in [-0.3, -0.25) is 0 Å². The molecule has 2 aromatic heterocycles. The summed E-state index contributed by atoms with van der Waals surface area (Å²) in [6, 6.07) is 3.90. The van der Waals surface area contributed by atoms with Crippen molar-refractivity contribution in [2.24, 2.45) is 0 Å². The molecule has 0 amide bonds. The van der Waals surface area contributed by atoms with Gasteiger partial charge in [0, 0.05) is 16.5 Å². The molecule has 0 aromatic carbocycles. The maximum Gasteiger partial charge on any atom is 0.133 e. The third-order valence-corrected chi connectivity index (χ3v) is 4.53. The van der Waals surface area contributed by atoms with Gasteiger partial charge < -0.3 is 5.73 Å². The normalized spacial score (nSPS) is 17.1. The number of hydrogen-bond donors (Lipinski definition) is 1. The lowest BCUT2D eigenvalue weighted by molar-refractivity contribution is 0.510. The Hall–Kier alpha value is -1.42. The Balaban J connectivity index is 2.11. The van der Waals surface area contributed by atoms with Gasteiger partial charge in [-0.1, -0.05) is 13.8 Å². The number of fused-ring (bicyclic) bond motifs is 1. The van der Waals surface area contributed by atoms with Crippen molar-refractivity contribution in [2.45, 2.75) is 32.1 Å². The number of thiazole rings is 1. The van der Waals surface area contributed by atoms with Gasteiger partial charge in [0.05, 0.1) is 11.3 Å². The second-order valence-electron chi connectivity index (χ2n) is 5.11. The van der Waals surface area contributed by atoms with Crippen LogP contribution in [0.5, 0.6) is 0 Å². The number of anilines is 1. The van der Waals surface area contributed by atoms with Crippen LogP contribution in [0.3, 0.4) is 0 Å². The first-order valence-electron chi connectivity index (χ1n) is 5.79. The molecule has 2 N–H and O–H groups in total. The molecule has 0 aliphatic heterocycles. The highest BCUT2D eigenvalue weighted by atomic mass is 32.1. The maximum absolute atomic E-state index is 5.89. The van der Waals surface area contributed by atoms with E-state index in [0.29, 0.717) is 5.82 Å². The Morgan fingerprint density at radius 1 is 1.41 bits per heavy atom. The van der Waals surface area contributed by atoms with Crippen molar-refractivity contribution < 1.29 is 0 Å². The van der Waals surface area contributed by atoms with Gasteiger partial charge in [-0.2, -0.15) is 0 Å². The van der Waals surface area contributed by atoms with Crippen LogP contribution in [0.4, 0.5) is 5.82 Å². The molecule has 3 nitrogen and oxygen atoms in total. The SMILES string of the molecule is CC1(C)CCc2sc(-c3cccnc3N)nc21. The predicted octanol–water partition coefficient (Wildman–Crippen LogP) is 3.01. The van der Waals surface area contributed by atoms with Gasteiger partial charge in [-0.25, -0.2) is 9.97 Å². The first-order valence-corrected chi connectivity index (χ1v) is 6.60. The molecule has 0 bridgehead atoms. The summed E-state index contributed by atoms with van der Waals surface area (Å²) in [6.45, 7) is 4.52. The highest BCUT2D eigenvalue weighted by Crippen LogP contribution is 2.43. The standard InChI is InChI=1S/C13H15N3S/c1-13(2)6-5-9-10(13)16-12(17-9)8-4-3-7-15-11(8)14/h3-4,7H,5-6H2,1-2H3,(H2,14,15). The molecular formula is C13H15N3S. The zero-order valence-electron chi connectivity index (χ0n) is 10.0. The molecule has 0 saturated heterocycles. The van der Waals surface area contributed by atoms with Crippen LogP contribution in [0.25, 0.3) is 10.6 Å². The van der Waals surface area contributed by atoms with Gasteiger partial charge in [0.1, 0.15) is 10.8 Å². The number of aromatic nitrogens is 2. The molecule has 1 aliphatic rings. The lowest BCUT2D eigenvalue weighted by Gasteiger charge is -2.15. The van der Waals surface area contributed by atoms with E-state index in [4.69, 9.17) is 10.7 Å². The van der Waals surface area contributed by atoms with E-state index in [2.05, 4.69) is 18.8 Å². The van der Waals surface area contributed by atoms with Gasteiger partial charge in [0.2, 0.25) is 0 Å². The number of nitrogens with two attached hydrogens (primary N) is 1. The van der Waals surface area contributed by atoms with Gasteiger partial charge >= 0.3 is 0 Å². The van der Waals surface area contributed by atoms with Crippen molar-refractivity contribution in [2.75, 3.05) is 5.73 Å². The van der Waals surface area contributed by atoms with Crippen LogP contribution in [0.1, 0.15) is 30.8 Å². The molecule has 4 heteroatoms. The summed E-state index contributed by atoms with van der Waals surface area (Å²) in [6.07, 6.45) is 4.05. The fourth-order valence-electron chi connectivity index (χ4n) is 2.31. The maximum atomic E-state index is 5.89. The average molecular weight is 245 g/mol. The summed E-state index contributed by atoms with van der Waals surface area (Å²) in [5.41, 5.74) is 8.32. The molecule has 88 valence electrons. The molecule has 0 fully saturated rings. The Kier molecular flexibility index (Phi) is 2.23. The number of aryl methyl sites for hydroxylation is 1. The number of pyridine rings is 1. The second-order valence-corrected chi connectivity index (χ2v) is 6.19. The van der Waals surface area contributed by atoms with Gasteiger partial charge in [-0.05, 0) is 25.0 Å². The fraction of sp³-hybridized carbons (Fsp3) is 0.385. The van der Waals surface area contributed by atoms with E-state index in [9.17, 15) is 0 Å². The van der Waals surface area contributed by atoms with Crippen molar-refractivity contribution in [3.05, 3.63) is 28.9 Å². The minimum atomic E-state index is 0.209. The van der Waals surface area contributed by atoms with E-state index in [1.807, 2.05) is 12.1 Å². The third kappa shape index (κ3) is 1.63. The van der Waals surface area contributed by atoms with Crippen molar-refractivity contribution in [3.63, 3.8) is 0 Å². The van der Waals surface area contributed by atoms with Crippen LogP contribution in [0.2, 0.25) is 0 Å². The molecule has 3 rings (SSSR count). The lowest BCUT2D eigenvalue weighted by Crippen LogP contribution is -2.12. The lowest BCUT2D eigenvalue weighted by atomic mass is 9.91. The molecule has 0 saturated carbocycles. The first-order chi connectivity index (χ1) is 8.08. The molecule has 1 aliphatic carbocycles. The fourth-order valence-corrected chi connectivity index (χ4v) is 3.58. The first kappa shape index (κ1) is 10.7.